The van der Waals surface area contributed by atoms with Crippen LogP contribution in [-0.4, -0.2) is 49.0 Å². The molecule has 6 heteroatoms. The fourth-order valence-electron chi connectivity index (χ4n) is 3.23. The van der Waals surface area contributed by atoms with Crippen LogP contribution in [0.15, 0.2) is 0 Å². The molecule has 0 bridgehead atoms. The van der Waals surface area contributed by atoms with Gasteiger partial charge < -0.3 is 4.90 Å². The van der Waals surface area contributed by atoms with Gasteiger partial charge in [-0.1, -0.05) is 27.7 Å². The molecule has 2 rings (SSSR count). The van der Waals surface area contributed by atoms with Gasteiger partial charge in [0.25, 0.3) is 0 Å². The van der Waals surface area contributed by atoms with E-state index in [1.165, 1.54) is 0 Å². The second-order valence-electron chi connectivity index (χ2n) is 6.84. The summed E-state index contributed by atoms with van der Waals surface area (Å²) in [5.41, 5.74) is 0. The van der Waals surface area contributed by atoms with Gasteiger partial charge in [0.15, 0.2) is 9.84 Å². The lowest BCUT2D eigenvalue weighted by Crippen LogP contribution is -2.47. The van der Waals surface area contributed by atoms with Crippen LogP contribution in [0.3, 0.4) is 0 Å². The highest BCUT2D eigenvalue weighted by Gasteiger charge is 2.46. The van der Waals surface area contributed by atoms with E-state index in [9.17, 15) is 13.2 Å². The Morgan fingerprint density at radius 1 is 1.30 bits per heavy atom. The number of nitrogens with zero attached hydrogens (tertiary/aromatic N) is 1. The summed E-state index contributed by atoms with van der Waals surface area (Å²) < 4.78 is 23.4. The van der Waals surface area contributed by atoms with E-state index in [-0.39, 0.29) is 41.6 Å². The molecular formula is C14H26N2O3S. The zero-order valence-corrected chi connectivity index (χ0v) is 13.6. The predicted molar refractivity (Wildman–Crippen MR) is 78.9 cm³/mol. The topological polar surface area (TPSA) is 66.5 Å². The van der Waals surface area contributed by atoms with E-state index in [1.54, 1.807) is 0 Å². The van der Waals surface area contributed by atoms with E-state index in [0.29, 0.717) is 12.3 Å². The monoisotopic (exact) mass is 302 g/mol. The van der Waals surface area contributed by atoms with E-state index in [0.717, 1.165) is 6.42 Å². The summed E-state index contributed by atoms with van der Waals surface area (Å²) in [7, 11) is -2.97. The Bertz CT molecular complexity index is 473. The van der Waals surface area contributed by atoms with Crippen molar-refractivity contribution in [1.82, 2.24) is 10.2 Å². The van der Waals surface area contributed by atoms with Gasteiger partial charge in [0.2, 0.25) is 5.91 Å². The Morgan fingerprint density at radius 2 is 1.95 bits per heavy atom. The third kappa shape index (κ3) is 3.17. The van der Waals surface area contributed by atoms with Crippen molar-refractivity contribution in [3.05, 3.63) is 0 Å². The first-order valence-electron chi connectivity index (χ1n) is 7.50. The van der Waals surface area contributed by atoms with Crippen molar-refractivity contribution in [2.45, 2.75) is 58.8 Å². The summed E-state index contributed by atoms with van der Waals surface area (Å²) in [5.74, 6) is 1.13. The Balaban J connectivity index is 2.18. The maximum absolute atomic E-state index is 12.6. The second-order valence-corrected chi connectivity index (χ2v) is 9.07. The minimum atomic E-state index is -2.97. The Kier molecular flexibility index (Phi) is 4.44. The van der Waals surface area contributed by atoms with Gasteiger partial charge in [0.1, 0.15) is 0 Å². The van der Waals surface area contributed by atoms with Crippen molar-refractivity contribution >= 4 is 15.7 Å². The maximum Gasteiger partial charge on any atom is 0.241 e. The number of sulfone groups is 1. The van der Waals surface area contributed by atoms with Gasteiger partial charge in [-0.3, -0.25) is 10.1 Å². The highest BCUT2D eigenvalue weighted by Crippen LogP contribution is 2.28. The quantitative estimate of drug-likeness (QED) is 0.841. The van der Waals surface area contributed by atoms with Crippen LogP contribution < -0.4 is 5.32 Å². The van der Waals surface area contributed by atoms with Gasteiger partial charge in [-0.15, -0.1) is 0 Å². The molecule has 1 N–H and O–H groups in total. The Labute approximate surface area is 122 Å². The molecule has 2 heterocycles. The normalized spacial score (nSPS) is 33.6. The zero-order chi connectivity index (χ0) is 15.1. The first-order chi connectivity index (χ1) is 9.21. The first-order valence-corrected chi connectivity index (χ1v) is 9.32. The number of hydrogen-bond donors (Lipinski definition) is 1. The van der Waals surface area contributed by atoms with Crippen LogP contribution in [0.2, 0.25) is 0 Å². The second kappa shape index (κ2) is 5.64. The van der Waals surface area contributed by atoms with Crippen molar-refractivity contribution in [3.63, 3.8) is 0 Å². The summed E-state index contributed by atoms with van der Waals surface area (Å²) >= 11 is 0. The van der Waals surface area contributed by atoms with Gasteiger partial charge in [-0.25, -0.2) is 8.42 Å². The Hall–Kier alpha value is -0.620. The van der Waals surface area contributed by atoms with Crippen molar-refractivity contribution in [3.8, 4) is 0 Å². The standard InChI is InChI=1S/C14H26N2O3S/c1-9(2)7-12-14(17)16(13(15-12)10(3)4)11-5-6-20(18,19)8-11/h9-13,15H,5-8H2,1-4H3. The van der Waals surface area contributed by atoms with Crippen LogP contribution in [0.5, 0.6) is 0 Å². The van der Waals surface area contributed by atoms with Crippen molar-refractivity contribution < 1.29 is 13.2 Å². The molecular weight excluding hydrogens is 276 g/mol. The van der Waals surface area contributed by atoms with Gasteiger partial charge in [-0.05, 0) is 24.7 Å². The molecule has 20 heavy (non-hydrogen) atoms. The average molecular weight is 302 g/mol. The molecule has 3 atom stereocenters. The number of amides is 1. The lowest BCUT2D eigenvalue weighted by Gasteiger charge is -2.31. The molecule has 2 saturated heterocycles. The molecule has 0 aliphatic carbocycles. The summed E-state index contributed by atoms with van der Waals surface area (Å²) in [6.45, 7) is 8.34. The van der Waals surface area contributed by atoms with Gasteiger partial charge >= 0.3 is 0 Å². The molecule has 5 nitrogen and oxygen atoms in total. The summed E-state index contributed by atoms with van der Waals surface area (Å²) in [4.78, 5) is 14.4. The van der Waals surface area contributed by atoms with E-state index in [4.69, 9.17) is 0 Å². The van der Waals surface area contributed by atoms with E-state index in [2.05, 4.69) is 33.0 Å². The third-order valence-electron chi connectivity index (χ3n) is 4.16. The number of carbonyl (C=O) groups excluding carboxylic acids is 1. The molecule has 0 aromatic rings. The highest BCUT2D eigenvalue weighted by atomic mass is 32.2. The molecule has 2 fully saturated rings. The fourth-order valence-corrected chi connectivity index (χ4v) is 4.94. The van der Waals surface area contributed by atoms with Crippen LogP contribution in [0.4, 0.5) is 0 Å². The number of nitrogens with one attached hydrogen (secondary N) is 1. The van der Waals surface area contributed by atoms with Crippen LogP contribution in [0, 0.1) is 11.8 Å². The van der Waals surface area contributed by atoms with Gasteiger partial charge in [-0.2, -0.15) is 0 Å². The molecule has 0 spiro atoms. The zero-order valence-electron chi connectivity index (χ0n) is 12.8. The van der Waals surface area contributed by atoms with Crippen LogP contribution in [0.25, 0.3) is 0 Å². The smallest absolute Gasteiger partial charge is 0.241 e. The largest absolute Gasteiger partial charge is 0.321 e. The molecule has 0 aromatic heterocycles. The van der Waals surface area contributed by atoms with Crippen LogP contribution in [0.1, 0.15) is 40.5 Å². The lowest BCUT2D eigenvalue weighted by atomic mass is 10.0. The number of hydrogen-bond acceptors (Lipinski definition) is 4. The molecule has 0 saturated carbocycles. The van der Waals surface area contributed by atoms with Crippen molar-refractivity contribution in [2.75, 3.05) is 11.5 Å². The minimum absolute atomic E-state index is 0.0375. The third-order valence-corrected chi connectivity index (χ3v) is 5.91. The fraction of sp³-hybridized carbons (Fsp3) is 0.929. The maximum atomic E-state index is 12.6. The van der Waals surface area contributed by atoms with E-state index >= 15 is 0 Å². The first kappa shape index (κ1) is 15.8. The van der Waals surface area contributed by atoms with E-state index < -0.39 is 9.84 Å². The predicted octanol–water partition coefficient (Wildman–Crippen LogP) is 1.00. The highest BCUT2D eigenvalue weighted by molar-refractivity contribution is 7.91. The summed E-state index contributed by atoms with van der Waals surface area (Å²) in [6, 6.07) is -0.310. The van der Waals surface area contributed by atoms with Crippen LogP contribution >= 0.6 is 0 Å². The molecule has 3 unspecified atom stereocenters. The molecule has 0 radical (unpaired) electrons. The summed E-state index contributed by atoms with van der Waals surface area (Å²) in [5, 5.41) is 3.41. The van der Waals surface area contributed by atoms with E-state index in [1.807, 2.05) is 4.90 Å². The molecule has 116 valence electrons. The SMILES string of the molecule is CC(C)CC1NC(C(C)C)N(C2CCS(=O)(=O)C2)C1=O. The molecule has 2 aliphatic rings. The van der Waals surface area contributed by atoms with Crippen molar-refractivity contribution in [1.29, 1.82) is 0 Å². The van der Waals surface area contributed by atoms with Crippen LogP contribution in [-0.2, 0) is 14.6 Å². The number of rotatable bonds is 4. The van der Waals surface area contributed by atoms with Crippen molar-refractivity contribution in [2.24, 2.45) is 11.8 Å². The minimum Gasteiger partial charge on any atom is -0.321 e. The number of carbonyl (C=O) groups is 1. The lowest BCUT2D eigenvalue weighted by molar-refractivity contribution is -0.132. The average Bonchev–Trinajstić information content (AvgIpc) is 2.80. The van der Waals surface area contributed by atoms with Gasteiger partial charge in [0.05, 0.1) is 23.7 Å². The summed E-state index contributed by atoms with van der Waals surface area (Å²) in [6.07, 6.45) is 1.34. The molecule has 0 aromatic carbocycles. The molecule has 1 amide bonds. The Morgan fingerprint density at radius 3 is 2.40 bits per heavy atom. The molecule has 2 aliphatic heterocycles. The van der Waals surface area contributed by atoms with Gasteiger partial charge in [0, 0.05) is 6.04 Å².